The van der Waals surface area contributed by atoms with Gasteiger partial charge in [-0.15, -0.1) is 0 Å². The molecule has 0 N–H and O–H groups in total. The van der Waals surface area contributed by atoms with Crippen molar-refractivity contribution in [2.24, 2.45) is 7.05 Å². The number of nitrogens with zero attached hydrogens (tertiary/aromatic N) is 5. The van der Waals surface area contributed by atoms with Gasteiger partial charge in [-0.05, 0) is 32.4 Å². The number of aromatic nitrogens is 4. The topological polar surface area (TPSA) is 86.3 Å². The van der Waals surface area contributed by atoms with Crippen molar-refractivity contribution in [1.29, 1.82) is 0 Å². The molecular weight excluding hydrogens is 370 g/mol. The van der Waals surface area contributed by atoms with Crippen molar-refractivity contribution >= 4 is 5.91 Å². The molecule has 0 radical (unpaired) electrons. The number of hydrogen-bond acceptors (Lipinski definition) is 6. The van der Waals surface area contributed by atoms with Gasteiger partial charge in [0.25, 0.3) is 0 Å². The number of carbonyl (C=O) groups excluding carboxylic acids is 1. The Morgan fingerprint density at radius 3 is 2.86 bits per heavy atom. The molecule has 0 fully saturated rings. The smallest absolute Gasteiger partial charge is 0.227 e. The van der Waals surface area contributed by atoms with E-state index < -0.39 is 0 Å². The quantitative estimate of drug-likeness (QED) is 0.660. The summed E-state index contributed by atoms with van der Waals surface area (Å²) in [7, 11) is 1.94. The summed E-state index contributed by atoms with van der Waals surface area (Å²) >= 11 is 0. The molecule has 0 aromatic carbocycles. The third-order valence-corrected chi connectivity index (χ3v) is 5.43. The molecule has 3 aromatic rings. The van der Waals surface area contributed by atoms with E-state index in [1.807, 2.05) is 49.5 Å². The zero-order chi connectivity index (χ0) is 20.5. The Kier molecular flexibility index (Phi) is 5.08. The average molecular weight is 395 g/mol. The summed E-state index contributed by atoms with van der Waals surface area (Å²) in [6, 6.07) is 3.83. The number of carbonyl (C=O) groups is 1. The van der Waals surface area contributed by atoms with Crippen LogP contribution in [0.4, 0.5) is 0 Å². The number of amides is 1. The third kappa shape index (κ3) is 3.87. The van der Waals surface area contributed by atoms with Crippen LogP contribution in [0.2, 0.25) is 0 Å². The van der Waals surface area contributed by atoms with Crippen molar-refractivity contribution in [2.75, 3.05) is 6.54 Å². The Hall–Kier alpha value is -3.16. The van der Waals surface area contributed by atoms with E-state index in [1.165, 1.54) is 0 Å². The van der Waals surface area contributed by atoms with Gasteiger partial charge in [-0.25, -0.2) is 4.98 Å². The zero-order valence-corrected chi connectivity index (χ0v) is 17.2. The van der Waals surface area contributed by atoms with Crippen molar-refractivity contribution in [3.63, 3.8) is 0 Å². The van der Waals surface area contributed by atoms with E-state index in [9.17, 15) is 4.79 Å². The first-order valence-corrected chi connectivity index (χ1v) is 9.71. The van der Waals surface area contributed by atoms with Crippen LogP contribution in [-0.2, 0) is 37.8 Å². The molecule has 29 heavy (non-hydrogen) atoms. The fourth-order valence-corrected chi connectivity index (χ4v) is 3.75. The van der Waals surface area contributed by atoms with E-state index in [0.717, 1.165) is 40.2 Å². The molecule has 152 valence electrons. The second-order valence-corrected chi connectivity index (χ2v) is 7.50. The van der Waals surface area contributed by atoms with E-state index in [0.29, 0.717) is 37.8 Å². The minimum absolute atomic E-state index is 0.0705. The van der Waals surface area contributed by atoms with Crippen molar-refractivity contribution < 1.29 is 14.1 Å². The van der Waals surface area contributed by atoms with Gasteiger partial charge < -0.3 is 14.2 Å². The summed E-state index contributed by atoms with van der Waals surface area (Å²) in [5.74, 6) is 1.35. The van der Waals surface area contributed by atoms with E-state index >= 15 is 0 Å². The molecule has 4 heterocycles. The molecule has 0 unspecified atom stereocenters. The molecule has 0 bridgehead atoms. The van der Waals surface area contributed by atoms with Crippen molar-refractivity contribution in [3.05, 3.63) is 57.9 Å². The summed E-state index contributed by atoms with van der Waals surface area (Å²) < 4.78 is 12.9. The van der Waals surface area contributed by atoms with Gasteiger partial charge in [-0.2, -0.15) is 5.10 Å². The molecule has 0 saturated heterocycles. The van der Waals surface area contributed by atoms with Gasteiger partial charge >= 0.3 is 0 Å². The lowest BCUT2D eigenvalue weighted by atomic mass is 10.0. The molecule has 0 aliphatic carbocycles. The maximum Gasteiger partial charge on any atom is 0.227 e. The highest BCUT2D eigenvalue weighted by Gasteiger charge is 2.28. The summed E-state index contributed by atoms with van der Waals surface area (Å²) in [6.45, 7) is 7.24. The van der Waals surface area contributed by atoms with Gasteiger partial charge in [-0.3, -0.25) is 9.48 Å². The average Bonchev–Trinajstić information content (AvgIpc) is 3.19. The lowest BCUT2D eigenvalue weighted by molar-refractivity contribution is -0.131. The molecule has 8 heteroatoms. The summed E-state index contributed by atoms with van der Waals surface area (Å²) in [5, 5.41) is 8.57. The molecule has 0 saturated carbocycles. The molecular formula is C21H25N5O3. The van der Waals surface area contributed by atoms with Crippen molar-refractivity contribution in [3.8, 4) is 5.88 Å². The number of hydrogen-bond donors (Lipinski definition) is 0. The highest BCUT2D eigenvalue weighted by atomic mass is 16.5. The van der Waals surface area contributed by atoms with Crippen LogP contribution in [0.3, 0.4) is 0 Å². The first-order chi connectivity index (χ1) is 13.9. The Balaban J connectivity index is 1.48. The molecule has 0 atom stereocenters. The predicted octanol–water partition coefficient (Wildman–Crippen LogP) is 2.43. The van der Waals surface area contributed by atoms with Gasteiger partial charge in [0.2, 0.25) is 11.8 Å². The summed E-state index contributed by atoms with van der Waals surface area (Å²) in [5.41, 5.74) is 5.81. The highest BCUT2D eigenvalue weighted by Crippen LogP contribution is 2.24. The fourth-order valence-electron chi connectivity index (χ4n) is 3.75. The number of fused-ring (bicyclic) bond motifs is 1. The summed E-state index contributed by atoms with van der Waals surface area (Å²) in [4.78, 5) is 19.0. The van der Waals surface area contributed by atoms with E-state index in [4.69, 9.17) is 9.26 Å². The van der Waals surface area contributed by atoms with Crippen LogP contribution in [0.5, 0.6) is 5.88 Å². The van der Waals surface area contributed by atoms with Crippen LogP contribution in [0.15, 0.2) is 22.9 Å². The molecule has 1 aliphatic rings. The minimum Gasteiger partial charge on any atom is -0.471 e. The molecule has 4 rings (SSSR count). The van der Waals surface area contributed by atoms with Crippen LogP contribution in [0, 0.1) is 20.8 Å². The summed E-state index contributed by atoms with van der Waals surface area (Å²) in [6.07, 6.45) is 2.80. The lowest BCUT2D eigenvalue weighted by Gasteiger charge is -2.27. The Morgan fingerprint density at radius 2 is 2.14 bits per heavy atom. The maximum atomic E-state index is 12.9. The third-order valence-electron chi connectivity index (χ3n) is 5.43. The first kappa shape index (κ1) is 19.2. The normalized spacial score (nSPS) is 13.4. The number of aryl methyl sites for hydroxylation is 4. The van der Waals surface area contributed by atoms with Crippen molar-refractivity contribution in [1.82, 2.24) is 24.8 Å². The van der Waals surface area contributed by atoms with Crippen LogP contribution in [0.25, 0.3) is 0 Å². The zero-order valence-electron chi connectivity index (χ0n) is 17.2. The molecule has 1 aliphatic heterocycles. The SMILES string of the molecule is Cc1ccnc(OCc2nn(C)c3c2CN(C(=O)Cc2c(C)noc2C)CC3)c1. The molecule has 1 amide bonds. The molecule has 3 aromatic heterocycles. The van der Waals surface area contributed by atoms with Gasteiger partial charge in [-0.1, -0.05) is 5.16 Å². The monoisotopic (exact) mass is 395 g/mol. The Labute approximate surface area is 169 Å². The standard InChI is InChI=1S/C21H25N5O3/c1-13-5-7-22-20(9-13)28-12-18-17-11-26(8-6-19(17)25(4)23-18)21(27)10-16-14(2)24-29-15(16)3/h5,7,9H,6,8,10-12H2,1-4H3. The van der Waals surface area contributed by atoms with Crippen molar-refractivity contribution in [2.45, 2.75) is 46.8 Å². The minimum atomic E-state index is 0.0705. The lowest BCUT2D eigenvalue weighted by Crippen LogP contribution is -2.37. The van der Waals surface area contributed by atoms with Crippen LogP contribution >= 0.6 is 0 Å². The Morgan fingerprint density at radius 1 is 1.31 bits per heavy atom. The van der Waals surface area contributed by atoms with E-state index in [-0.39, 0.29) is 5.91 Å². The first-order valence-electron chi connectivity index (χ1n) is 9.71. The van der Waals surface area contributed by atoms with Crippen LogP contribution in [0.1, 0.15) is 39.5 Å². The Bertz CT molecular complexity index is 1030. The number of rotatable bonds is 5. The van der Waals surface area contributed by atoms with Crippen LogP contribution in [-0.4, -0.2) is 37.3 Å². The van der Waals surface area contributed by atoms with Crippen LogP contribution < -0.4 is 4.74 Å². The largest absolute Gasteiger partial charge is 0.471 e. The van der Waals surface area contributed by atoms with Gasteiger partial charge in [0.1, 0.15) is 18.1 Å². The number of ether oxygens (including phenoxy) is 1. The van der Waals surface area contributed by atoms with Gasteiger partial charge in [0, 0.05) is 55.6 Å². The number of pyridine rings is 1. The van der Waals surface area contributed by atoms with E-state index in [1.54, 1.807) is 6.20 Å². The predicted molar refractivity (Wildman–Crippen MR) is 105 cm³/mol. The van der Waals surface area contributed by atoms with Gasteiger partial charge in [0.05, 0.1) is 12.1 Å². The van der Waals surface area contributed by atoms with Gasteiger partial charge in [0.15, 0.2) is 0 Å². The van der Waals surface area contributed by atoms with E-state index in [2.05, 4.69) is 15.2 Å². The maximum absolute atomic E-state index is 12.9. The highest BCUT2D eigenvalue weighted by molar-refractivity contribution is 5.79. The second kappa shape index (κ2) is 7.69. The molecule has 8 nitrogen and oxygen atoms in total. The fraction of sp³-hybridized carbons (Fsp3) is 0.429. The second-order valence-electron chi connectivity index (χ2n) is 7.50. The molecule has 0 spiro atoms.